The van der Waals surface area contributed by atoms with Crippen molar-refractivity contribution in [2.45, 2.75) is 31.7 Å². The third-order valence-corrected chi connectivity index (χ3v) is 3.33. The molecule has 1 aliphatic rings. The first-order chi connectivity index (χ1) is 7.15. The minimum Gasteiger partial charge on any atom is -0.347 e. The number of halogens is 1. The van der Waals surface area contributed by atoms with Crippen LogP contribution in [0.2, 0.25) is 0 Å². The molecule has 0 aliphatic heterocycles. The molecule has 1 heterocycles. The molecule has 1 aromatic heterocycles. The van der Waals surface area contributed by atoms with Crippen LogP contribution in [0.5, 0.6) is 0 Å². The summed E-state index contributed by atoms with van der Waals surface area (Å²) in [5, 5.41) is 3.07. The van der Waals surface area contributed by atoms with E-state index in [-0.39, 0.29) is 11.4 Å². The first-order valence-electron chi connectivity index (χ1n) is 5.09. The topological polar surface area (TPSA) is 42.0 Å². The minimum absolute atomic E-state index is 0.00236. The van der Waals surface area contributed by atoms with Crippen molar-refractivity contribution in [1.29, 1.82) is 0 Å². The summed E-state index contributed by atoms with van der Waals surface area (Å²) in [5.41, 5.74) is 0.740. The van der Waals surface area contributed by atoms with Crippen LogP contribution in [0, 0.1) is 0 Å². The summed E-state index contributed by atoms with van der Waals surface area (Å²) in [6.07, 6.45) is 4.83. The van der Waals surface area contributed by atoms with E-state index in [2.05, 4.69) is 33.2 Å². The number of hydrogen-bond acceptors (Lipinski definition) is 2. The van der Waals surface area contributed by atoms with Crippen molar-refractivity contribution >= 4 is 21.8 Å². The van der Waals surface area contributed by atoms with Crippen LogP contribution >= 0.6 is 15.9 Å². The molecule has 0 saturated heterocycles. The molecule has 15 heavy (non-hydrogen) atoms. The summed E-state index contributed by atoms with van der Waals surface area (Å²) < 4.78 is 0.691. The largest absolute Gasteiger partial charge is 0.347 e. The van der Waals surface area contributed by atoms with Crippen LogP contribution in [0.15, 0.2) is 22.9 Å². The van der Waals surface area contributed by atoms with E-state index in [4.69, 9.17) is 0 Å². The van der Waals surface area contributed by atoms with Crippen LogP contribution < -0.4 is 5.32 Å². The van der Waals surface area contributed by atoms with Gasteiger partial charge in [-0.2, -0.15) is 0 Å². The molecule has 1 N–H and O–H groups in total. The van der Waals surface area contributed by atoms with Gasteiger partial charge in [-0.05, 0) is 47.3 Å². The van der Waals surface area contributed by atoms with Gasteiger partial charge in [0.25, 0.3) is 5.91 Å². The van der Waals surface area contributed by atoms with Crippen molar-refractivity contribution in [3.8, 4) is 0 Å². The van der Waals surface area contributed by atoms with Gasteiger partial charge in [-0.3, -0.25) is 4.79 Å². The molecule has 2 rings (SSSR count). The Hall–Kier alpha value is -0.900. The van der Waals surface area contributed by atoms with Gasteiger partial charge < -0.3 is 5.32 Å². The van der Waals surface area contributed by atoms with Gasteiger partial charge in [0.15, 0.2) is 0 Å². The Labute approximate surface area is 97.4 Å². The predicted molar refractivity (Wildman–Crippen MR) is 61.7 cm³/mol. The van der Waals surface area contributed by atoms with Gasteiger partial charge in [0.05, 0.1) is 0 Å². The van der Waals surface area contributed by atoms with E-state index >= 15 is 0 Å². The Morgan fingerprint density at radius 1 is 1.67 bits per heavy atom. The van der Waals surface area contributed by atoms with Gasteiger partial charge in [-0.15, -0.1) is 0 Å². The lowest BCUT2D eigenvalue weighted by molar-refractivity contribution is 0.0930. The molecule has 1 amide bonds. The number of hydrogen-bond donors (Lipinski definition) is 1. The second kappa shape index (κ2) is 3.93. The first-order valence-corrected chi connectivity index (χ1v) is 5.89. The van der Waals surface area contributed by atoms with Crippen molar-refractivity contribution < 1.29 is 4.79 Å². The highest BCUT2D eigenvalue weighted by Gasteiger charge is 2.42. The molecule has 0 unspecified atom stereocenters. The van der Waals surface area contributed by atoms with Crippen LogP contribution in [-0.4, -0.2) is 16.4 Å². The average molecular weight is 269 g/mol. The van der Waals surface area contributed by atoms with E-state index in [0.29, 0.717) is 10.2 Å². The molecular weight excluding hydrogens is 256 g/mol. The van der Waals surface area contributed by atoms with E-state index in [1.54, 1.807) is 18.3 Å². The second-order valence-corrected chi connectivity index (χ2v) is 4.77. The summed E-state index contributed by atoms with van der Waals surface area (Å²) in [4.78, 5) is 15.8. The normalized spacial score (nSPS) is 17.2. The maximum atomic E-state index is 11.9. The smallest absolute Gasteiger partial charge is 0.251 e. The van der Waals surface area contributed by atoms with E-state index < -0.39 is 0 Å². The van der Waals surface area contributed by atoms with Crippen molar-refractivity contribution in [1.82, 2.24) is 10.3 Å². The van der Waals surface area contributed by atoms with E-state index in [1.807, 2.05) is 0 Å². The van der Waals surface area contributed by atoms with Crippen LogP contribution in [0.25, 0.3) is 0 Å². The van der Waals surface area contributed by atoms with Gasteiger partial charge in [0.1, 0.15) is 4.60 Å². The zero-order valence-corrected chi connectivity index (χ0v) is 10.2. The number of amides is 1. The molecule has 3 nitrogen and oxygen atoms in total. The van der Waals surface area contributed by atoms with Crippen molar-refractivity contribution in [2.24, 2.45) is 0 Å². The van der Waals surface area contributed by atoms with Gasteiger partial charge in [-0.1, -0.05) is 6.92 Å². The molecule has 1 saturated carbocycles. The van der Waals surface area contributed by atoms with Crippen molar-refractivity contribution in [3.63, 3.8) is 0 Å². The summed E-state index contributed by atoms with van der Waals surface area (Å²) >= 11 is 3.25. The highest BCUT2D eigenvalue weighted by molar-refractivity contribution is 9.10. The molecule has 0 radical (unpaired) electrons. The Bertz CT molecular complexity index is 388. The number of pyridine rings is 1. The zero-order chi connectivity index (χ0) is 10.9. The number of nitrogens with zero attached hydrogens (tertiary/aromatic N) is 1. The van der Waals surface area contributed by atoms with Crippen LogP contribution in [0.1, 0.15) is 36.5 Å². The molecule has 0 atom stereocenters. The van der Waals surface area contributed by atoms with Crippen LogP contribution in [0.4, 0.5) is 0 Å². The van der Waals surface area contributed by atoms with Gasteiger partial charge in [0.2, 0.25) is 0 Å². The number of carbonyl (C=O) groups excluding carboxylic acids is 1. The molecule has 1 aromatic rings. The Morgan fingerprint density at radius 2 is 2.40 bits per heavy atom. The maximum absolute atomic E-state index is 11.9. The van der Waals surface area contributed by atoms with E-state index in [0.717, 1.165) is 19.3 Å². The highest BCUT2D eigenvalue weighted by atomic mass is 79.9. The monoisotopic (exact) mass is 268 g/mol. The molecule has 0 aromatic carbocycles. The maximum Gasteiger partial charge on any atom is 0.251 e. The zero-order valence-electron chi connectivity index (χ0n) is 8.59. The molecular formula is C11H13BrN2O. The summed E-state index contributed by atoms with van der Waals surface area (Å²) in [6, 6.07) is 3.47. The van der Waals surface area contributed by atoms with Crippen molar-refractivity contribution in [2.75, 3.05) is 0 Å². The number of nitrogens with one attached hydrogen (secondary N) is 1. The lowest BCUT2D eigenvalue weighted by Gasteiger charge is -2.14. The third-order valence-electron chi connectivity index (χ3n) is 2.90. The van der Waals surface area contributed by atoms with Crippen LogP contribution in [0.3, 0.4) is 0 Å². The Kier molecular flexibility index (Phi) is 2.78. The molecule has 0 spiro atoms. The lowest BCUT2D eigenvalue weighted by atomic mass is 10.1. The Morgan fingerprint density at radius 3 is 2.93 bits per heavy atom. The molecule has 4 heteroatoms. The number of carbonyl (C=O) groups is 1. The van der Waals surface area contributed by atoms with Gasteiger partial charge in [0, 0.05) is 17.3 Å². The Balaban J connectivity index is 2.08. The molecule has 1 aliphatic carbocycles. The minimum atomic E-state index is -0.00236. The summed E-state index contributed by atoms with van der Waals surface area (Å²) in [6.45, 7) is 2.11. The van der Waals surface area contributed by atoms with Gasteiger partial charge in [-0.25, -0.2) is 4.98 Å². The number of aromatic nitrogens is 1. The second-order valence-electron chi connectivity index (χ2n) is 3.96. The van der Waals surface area contributed by atoms with E-state index in [1.165, 1.54) is 0 Å². The average Bonchev–Trinajstić information content (AvgIpc) is 2.98. The first kappa shape index (κ1) is 10.6. The quantitative estimate of drug-likeness (QED) is 0.857. The summed E-state index contributed by atoms with van der Waals surface area (Å²) in [5.74, 6) is -0.00236. The third kappa shape index (κ3) is 2.37. The fraction of sp³-hybridized carbons (Fsp3) is 0.455. The fourth-order valence-electron chi connectivity index (χ4n) is 1.57. The molecule has 0 bridgehead atoms. The molecule has 80 valence electrons. The molecule has 1 fully saturated rings. The van der Waals surface area contributed by atoms with Gasteiger partial charge >= 0.3 is 0 Å². The standard InChI is InChI=1S/C11H13BrN2O/c1-2-11(4-5-11)14-10(15)8-3-6-13-9(12)7-8/h3,6-7H,2,4-5H2,1H3,(H,14,15). The predicted octanol–water partition coefficient (Wildman–Crippen LogP) is 2.52. The van der Waals surface area contributed by atoms with Crippen molar-refractivity contribution in [3.05, 3.63) is 28.5 Å². The van der Waals surface area contributed by atoms with Crippen LogP contribution in [-0.2, 0) is 0 Å². The van der Waals surface area contributed by atoms with E-state index in [9.17, 15) is 4.79 Å². The fourth-order valence-corrected chi connectivity index (χ4v) is 1.94. The SMILES string of the molecule is CCC1(NC(=O)c2ccnc(Br)c2)CC1. The lowest BCUT2D eigenvalue weighted by Crippen LogP contribution is -2.36. The highest BCUT2D eigenvalue weighted by Crippen LogP contribution is 2.38. The number of rotatable bonds is 3. The summed E-state index contributed by atoms with van der Waals surface area (Å²) in [7, 11) is 0.